The molecule has 1 fully saturated rings. The number of hydrogen-bond donors (Lipinski definition) is 3. The molecule has 1 aromatic rings. The number of ether oxygens (including phenoxy) is 1. The number of halogens is 1. The van der Waals surface area contributed by atoms with Gasteiger partial charge in [0.1, 0.15) is 11.3 Å². The van der Waals surface area contributed by atoms with Crippen LogP contribution in [0.5, 0.6) is 5.75 Å². The third kappa shape index (κ3) is 3.47. The van der Waals surface area contributed by atoms with Crippen LogP contribution in [0.2, 0.25) is 0 Å². The lowest BCUT2D eigenvalue weighted by Gasteiger charge is -2.26. The Morgan fingerprint density at radius 1 is 1.43 bits per heavy atom. The quantitative estimate of drug-likeness (QED) is 0.756. The first kappa shape index (κ1) is 15.6. The van der Waals surface area contributed by atoms with Crippen molar-refractivity contribution in [3.63, 3.8) is 0 Å². The van der Waals surface area contributed by atoms with Crippen molar-refractivity contribution in [1.29, 1.82) is 0 Å². The molecule has 2 amide bonds. The molecule has 2 rings (SSSR count). The molecule has 1 aliphatic carbocycles. The zero-order valence-corrected chi connectivity index (χ0v) is 13.4. The van der Waals surface area contributed by atoms with E-state index in [9.17, 15) is 14.7 Å². The van der Waals surface area contributed by atoms with Gasteiger partial charge in [0.2, 0.25) is 0 Å². The highest BCUT2D eigenvalue weighted by atomic mass is 79.9. The lowest BCUT2D eigenvalue weighted by molar-refractivity contribution is -0.144. The molecule has 0 heterocycles. The molecule has 1 atom stereocenters. The summed E-state index contributed by atoms with van der Waals surface area (Å²) < 4.78 is 5.77. The number of aliphatic carboxylic acids is 1. The largest absolute Gasteiger partial charge is 0.497 e. The number of urea groups is 1. The van der Waals surface area contributed by atoms with E-state index >= 15 is 0 Å². The monoisotopic (exact) mass is 356 g/mol. The van der Waals surface area contributed by atoms with Gasteiger partial charge in [-0.3, -0.25) is 0 Å². The first-order valence-electron chi connectivity index (χ1n) is 6.53. The van der Waals surface area contributed by atoms with Crippen molar-refractivity contribution in [2.75, 3.05) is 12.4 Å². The number of methoxy groups -OCH3 is 1. The summed E-state index contributed by atoms with van der Waals surface area (Å²) in [7, 11) is 1.53. The molecule has 7 heteroatoms. The van der Waals surface area contributed by atoms with Crippen molar-refractivity contribution in [1.82, 2.24) is 5.32 Å². The Labute approximate surface area is 131 Å². The molecule has 0 spiro atoms. The van der Waals surface area contributed by atoms with Crippen LogP contribution >= 0.6 is 15.9 Å². The predicted octanol–water partition coefficient (Wildman–Crippen LogP) is 2.83. The van der Waals surface area contributed by atoms with Crippen molar-refractivity contribution in [3.8, 4) is 5.75 Å². The van der Waals surface area contributed by atoms with Crippen LogP contribution < -0.4 is 15.4 Å². The maximum atomic E-state index is 12.1. The molecule has 3 N–H and O–H groups in total. The van der Waals surface area contributed by atoms with Gasteiger partial charge in [0, 0.05) is 10.5 Å². The zero-order chi connectivity index (χ0) is 15.6. The fourth-order valence-electron chi connectivity index (χ4n) is 2.11. The molecule has 1 saturated carbocycles. The molecule has 0 saturated heterocycles. The third-order valence-electron chi connectivity index (χ3n) is 3.63. The Kier molecular flexibility index (Phi) is 4.41. The minimum atomic E-state index is -1.24. The number of carboxylic acid groups (broad SMARTS) is 1. The Bertz CT molecular complexity index is 574. The normalized spacial score (nSPS) is 16.7. The van der Waals surface area contributed by atoms with Gasteiger partial charge in [-0.05, 0) is 53.7 Å². The molecular weight excluding hydrogens is 340 g/mol. The number of anilines is 1. The fourth-order valence-corrected chi connectivity index (χ4v) is 2.45. The molecule has 6 nitrogen and oxygen atoms in total. The van der Waals surface area contributed by atoms with Gasteiger partial charge in [-0.15, -0.1) is 0 Å². The molecule has 0 aromatic heterocycles. The number of hydrogen-bond acceptors (Lipinski definition) is 3. The highest BCUT2D eigenvalue weighted by Crippen LogP contribution is 2.39. The lowest BCUT2D eigenvalue weighted by Crippen LogP contribution is -2.55. The van der Waals surface area contributed by atoms with Gasteiger partial charge in [0.05, 0.1) is 12.8 Å². The SMILES string of the molecule is COc1ccc(Br)c(NC(=O)NC(C)(C(=O)O)C2CC2)c1. The maximum absolute atomic E-state index is 12.1. The van der Waals surface area contributed by atoms with Crippen LogP contribution in [0, 0.1) is 5.92 Å². The molecule has 0 radical (unpaired) electrons. The minimum Gasteiger partial charge on any atom is -0.497 e. The number of carbonyl (C=O) groups excluding carboxylic acids is 1. The number of benzene rings is 1. The van der Waals surface area contributed by atoms with E-state index in [2.05, 4.69) is 26.6 Å². The van der Waals surface area contributed by atoms with Crippen molar-refractivity contribution < 1.29 is 19.4 Å². The molecule has 1 unspecified atom stereocenters. The van der Waals surface area contributed by atoms with Gasteiger partial charge in [0.25, 0.3) is 0 Å². The van der Waals surface area contributed by atoms with Crippen molar-refractivity contribution >= 4 is 33.6 Å². The minimum absolute atomic E-state index is 0.0190. The summed E-state index contributed by atoms with van der Waals surface area (Å²) >= 11 is 3.32. The van der Waals surface area contributed by atoms with Gasteiger partial charge in [0.15, 0.2) is 0 Å². The summed E-state index contributed by atoms with van der Waals surface area (Å²) in [6.07, 6.45) is 1.62. The summed E-state index contributed by atoms with van der Waals surface area (Å²) in [6, 6.07) is 4.59. The van der Waals surface area contributed by atoms with E-state index in [1.165, 1.54) is 14.0 Å². The number of nitrogens with one attached hydrogen (secondary N) is 2. The molecule has 0 bridgehead atoms. The van der Waals surface area contributed by atoms with E-state index in [0.29, 0.717) is 15.9 Å². The Balaban J connectivity index is 2.09. The van der Waals surface area contributed by atoms with Gasteiger partial charge in [-0.25, -0.2) is 9.59 Å². The maximum Gasteiger partial charge on any atom is 0.329 e. The number of amides is 2. The van der Waals surface area contributed by atoms with Crippen LogP contribution in [0.4, 0.5) is 10.5 Å². The summed E-state index contributed by atoms with van der Waals surface area (Å²) in [5.74, 6) is -0.448. The summed E-state index contributed by atoms with van der Waals surface area (Å²) in [5, 5.41) is 14.5. The van der Waals surface area contributed by atoms with Crippen LogP contribution in [-0.2, 0) is 4.79 Å². The standard InChI is InChI=1S/C14H17BrN2O4/c1-14(12(18)19,8-3-4-8)17-13(20)16-11-7-9(21-2)5-6-10(11)15/h5-8H,3-4H2,1-2H3,(H,18,19)(H2,16,17,20). The smallest absolute Gasteiger partial charge is 0.329 e. The first-order valence-corrected chi connectivity index (χ1v) is 7.32. The Morgan fingerprint density at radius 2 is 2.10 bits per heavy atom. The average Bonchev–Trinajstić information content (AvgIpc) is 3.25. The highest BCUT2D eigenvalue weighted by molar-refractivity contribution is 9.10. The number of rotatable bonds is 5. The predicted molar refractivity (Wildman–Crippen MR) is 81.6 cm³/mol. The molecule has 21 heavy (non-hydrogen) atoms. The second kappa shape index (κ2) is 5.93. The van der Waals surface area contributed by atoms with Gasteiger partial charge < -0.3 is 20.5 Å². The van der Waals surface area contributed by atoms with Crippen molar-refractivity contribution in [2.24, 2.45) is 5.92 Å². The number of carboxylic acids is 1. The van der Waals surface area contributed by atoms with Gasteiger partial charge in [-0.2, -0.15) is 0 Å². The average molecular weight is 357 g/mol. The summed E-state index contributed by atoms with van der Waals surface area (Å²) in [6.45, 7) is 1.53. The van der Waals surface area contributed by atoms with E-state index in [1.807, 2.05) is 0 Å². The van der Waals surface area contributed by atoms with E-state index in [-0.39, 0.29) is 5.92 Å². The van der Waals surface area contributed by atoms with Gasteiger partial charge in [-0.1, -0.05) is 0 Å². The molecule has 114 valence electrons. The Hall–Kier alpha value is -1.76. The van der Waals surface area contributed by atoms with Crippen LogP contribution in [0.25, 0.3) is 0 Å². The molecule has 0 aliphatic heterocycles. The topological polar surface area (TPSA) is 87.7 Å². The van der Waals surface area contributed by atoms with E-state index in [4.69, 9.17) is 4.74 Å². The van der Waals surface area contributed by atoms with E-state index < -0.39 is 17.5 Å². The Morgan fingerprint density at radius 3 is 2.62 bits per heavy atom. The van der Waals surface area contributed by atoms with Crippen LogP contribution in [0.1, 0.15) is 19.8 Å². The highest BCUT2D eigenvalue weighted by Gasteiger charge is 2.48. The van der Waals surface area contributed by atoms with E-state index in [1.54, 1.807) is 18.2 Å². The fraction of sp³-hybridized carbons (Fsp3) is 0.429. The zero-order valence-electron chi connectivity index (χ0n) is 11.8. The van der Waals surface area contributed by atoms with Crippen molar-refractivity contribution in [2.45, 2.75) is 25.3 Å². The molecular formula is C14H17BrN2O4. The number of carbonyl (C=O) groups is 2. The lowest BCUT2D eigenvalue weighted by atomic mass is 9.96. The van der Waals surface area contributed by atoms with Crippen LogP contribution in [-0.4, -0.2) is 29.8 Å². The van der Waals surface area contributed by atoms with Crippen molar-refractivity contribution in [3.05, 3.63) is 22.7 Å². The molecule has 1 aliphatic rings. The molecule has 1 aromatic carbocycles. The summed E-state index contributed by atoms with van der Waals surface area (Å²) in [4.78, 5) is 23.5. The van der Waals surface area contributed by atoms with Crippen LogP contribution in [0.15, 0.2) is 22.7 Å². The second-order valence-electron chi connectivity index (χ2n) is 5.21. The third-order valence-corrected chi connectivity index (χ3v) is 4.32. The van der Waals surface area contributed by atoms with Gasteiger partial charge >= 0.3 is 12.0 Å². The first-order chi connectivity index (χ1) is 9.86. The van der Waals surface area contributed by atoms with E-state index in [0.717, 1.165) is 12.8 Å². The summed E-state index contributed by atoms with van der Waals surface area (Å²) in [5.41, 5.74) is -0.731. The second-order valence-corrected chi connectivity index (χ2v) is 6.06. The van der Waals surface area contributed by atoms with Crippen LogP contribution in [0.3, 0.4) is 0 Å².